The van der Waals surface area contributed by atoms with Gasteiger partial charge in [0, 0.05) is 13.2 Å². The van der Waals surface area contributed by atoms with Gasteiger partial charge in [0.05, 0.1) is 6.61 Å². The molecular weight excluding hydrogens is 190 g/mol. The van der Waals surface area contributed by atoms with Crippen LogP contribution in [0.5, 0.6) is 0 Å². The van der Waals surface area contributed by atoms with Crippen LogP contribution in [0.1, 0.15) is 39.5 Å². The van der Waals surface area contributed by atoms with Crippen LogP contribution in [0.4, 0.5) is 0 Å². The summed E-state index contributed by atoms with van der Waals surface area (Å²) in [7, 11) is 0. The van der Waals surface area contributed by atoms with E-state index in [9.17, 15) is 5.11 Å². The summed E-state index contributed by atoms with van der Waals surface area (Å²) in [5, 5.41) is 10.2. The first-order chi connectivity index (χ1) is 7.12. The fraction of sp³-hybridized carbons (Fsp3) is 1.00. The van der Waals surface area contributed by atoms with Crippen LogP contribution in [-0.2, 0) is 4.74 Å². The molecule has 0 amide bonds. The summed E-state index contributed by atoms with van der Waals surface area (Å²) in [5.41, 5.74) is 4.84. The van der Waals surface area contributed by atoms with Crippen LogP contribution in [0.25, 0.3) is 0 Å². The Hall–Kier alpha value is -0.120. The lowest BCUT2D eigenvalue weighted by molar-refractivity contribution is -0.0613. The molecule has 0 radical (unpaired) electrons. The van der Waals surface area contributed by atoms with Gasteiger partial charge in [-0.1, -0.05) is 20.3 Å². The highest BCUT2D eigenvalue weighted by atomic mass is 16.5. The molecule has 0 aliphatic heterocycles. The molecular formula is C12H25NO2. The topological polar surface area (TPSA) is 55.5 Å². The molecule has 1 saturated carbocycles. The van der Waals surface area contributed by atoms with Crippen molar-refractivity contribution in [1.29, 1.82) is 0 Å². The third kappa shape index (κ3) is 4.09. The highest BCUT2D eigenvalue weighted by Gasteiger charge is 2.42. The zero-order chi connectivity index (χ0) is 11.3. The Balaban J connectivity index is 2.17. The van der Waals surface area contributed by atoms with Crippen LogP contribution in [0, 0.1) is 11.8 Å². The van der Waals surface area contributed by atoms with Crippen molar-refractivity contribution in [2.75, 3.05) is 19.8 Å². The molecule has 1 aliphatic rings. The van der Waals surface area contributed by atoms with Gasteiger partial charge >= 0.3 is 0 Å². The van der Waals surface area contributed by atoms with Crippen molar-refractivity contribution in [3.05, 3.63) is 0 Å². The molecule has 0 saturated heterocycles. The quantitative estimate of drug-likeness (QED) is 0.646. The molecule has 1 aliphatic carbocycles. The predicted octanol–water partition coefficient (Wildman–Crippen LogP) is 1.54. The minimum atomic E-state index is -0.758. The summed E-state index contributed by atoms with van der Waals surface area (Å²) in [6.45, 7) is 5.82. The fourth-order valence-corrected chi connectivity index (χ4v) is 1.98. The van der Waals surface area contributed by atoms with E-state index in [2.05, 4.69) is 13.8 Å². The zero-order valence-electron chi connectivity index (χ0n) is 10.0. The Morgan fingerprint density at radius 2 is 2.20 bits per heavy atom. The number of aliphatic hydroxyl groups is 1. The van der Waals surface area contributed by atoms with Gasteiger partial charge in [0.2, 0.25) is 0 Å². The maximum atomic E-state index is 10.2. The maximum absolute atomic E-state index is 10.2. The summed E-state index contributed by atoms with van der Waals surface area (Å²) in [5.74, 6) is 0.959. The number of ether oxygens (including phenoxy) is 1. The van der Waals surface area contributed by atoms with Crippen LogP contribution >= 0.6 is 0 Å². The monoisotopic (exact) mass is 215 g/mol. The van der Waals surface area contributed by atoms with E-state index in [-0.39, 0.29) is 0 Å². The standard InChI is InChI=1S/C12H25NO2/c1-3-4-10(2)7-15-9-12(14,8-13)11-5-6-11/h10-11,14H,3-9,13H2,1-2H3. The Kier molecular flexibility index (Phi) is 5.03. The second-order valence-electron chi connectivity index (χ2n) is 4.99. The molecule has 1 rings (SSSR count). The molecule has 3 nitrogen and oxygen atoms in total. The minimum Gasteiger partial charge on any atom is -0.386 e. The van der Waals surface area contributed by atoms with E-state index < -0.39 is 5.60 Å². The Bertz CT molecular complexity index is 182. The predicted molar refractivity (Wildman–Crippen MR) is 61.6 cm³/mol. The lowest BCUT2D eigenvalue weighted by Gasteiger charge is -2.26. The Morgan fingerprint density at radius 3 is 2.67 bits per heavy atom. The van der Waals surface area contributed by atoms with Gasteiger partial charge in [0.15, 0.2) is 0 Å². The first kappa shape index (κ1) is 12.9. The van der Waals surface area contributed by atoms with Crippen molar-refractivity contribution < 1.29 is 9.84 Å². The van der Waals surface area contributed by atoms with Crippen LogP contribution < -0.4 is 5.73 Å². The van der Waals surface area contributed by atoms with E-state index in [0.29, 0.717) is 25.0 Å². The molecule has 0 aromatic heterocycles. The van der Waals surface area contributed by atoms with Gasteiger partial charge in [-0.25, -0.2) is 0 Å². The average molecular weight is 215 g/mol. The molecule has 2 unspecified atom stereocenters. The second-order valence-corrected chi connectivity index (χ2v) is 4.99. The second kappa shape index (κ2) is 5.83. The molecule has 3 N–H and O–H groups in total. The largest absolute Gasteiger partial charge is 0.386 e. The van der Waals surface area contributed by atoms with Gasteiger partial charge < -0.3 is 15.6 Å². The van der Waals surface area contributed by atoms with E-state index in [0.717, 1.165) is 19.4 Å². The first-order valence-corrected chi connectivity index (χ1v) is 6.12. The molecule has 2 atom stereocenters. The van der Waals surface area contributed by atoms with Crippen LogP contribution in [0.2, 0.25) is 0 Å². The van der Waals surface area contributed by atoms with Crippen molar-refractivity contribution >= 4 is 0 Å². The van der Waals surface area contributed by atoms with Crippen LogP contribution in [-0.4, -0.2) is 30.5 Å². The molecule has 0 aromatic carbocycles. The zero-order valence-corrected chi connectivity index (χ0v) is 10.0. The van der Waals surface area contributed by atoms with E-state index in [1.165, 1.54) is 12.8 Å². The summed E-state index contributed by atoms with van der Waals surface area (Å²) in [6, 6.07) is 0. The number of rotatable bonds is 8. The third-order valence-corrected chi connectivity index (χ3v) is 3.23. The van der Waals surface area contributed by atoms with Crippen molar-refractivity contribution in [2.24, 2.45) is 17.6 Å². The first-order valence-electron chi connectivity index (χ1n) is 6.12. The van der Waals surface area contributed by atoms with Crippen LogP contribution in [0.15, 0.2) is 0 Å². The third-order valence-electron chi connectivity index (χ3n) is 3.23. The van der Waals surface area contributed by atoms with Crippen LogP contribution in [0.3, 0.4) is 0 Å². The van der Waals surface area contributed by atoms with Crippen molar-refractivity contribution in [2.45, 2.75) is 45.1 Å². The van der Waals surface area contributed by atoms with Gasteiger partial charge in [0.1, 0.15) is 5.60 Å². The van der Waals surface area contributed by atoms with E-state index in [1.807, 2.05) is 0 Å². The lowest BCUT2D eigenvalue weighted by Crippen LogP contribution is -2.44. The summed E-state index contributed by atoms with van der Waals surface area (Å²) in [4.78, 5) is 0. The van der Waals surface area contributed by atoms with Gasteiger partial charge in [-0.05, 0) is 31.1 Å². The SMILES string of the molecule is CCCC(C)COCC(O)(CN)C1CC1. The molecule has 0 spiro atoms. The van der Waals surface area contributed by atoms with Gasteiger partial charge in [-0.15, -0.1) is 0 Å². The highest BCUT2D eigenvalue weighted by Crippen LogP contribution is 2.39. The minimum absolute atomic E-state index is 0.319. The van der Waals surface area contributed by atoms with Gasteiger partial charge in [-0.2, -0.15) is 0 Å². The normalized spacial score (nSPS) is 22.4. The number of hydrogen-bond acceptors (Lipinski definition) is 3. The molecule has 1 fully saturated rings. The Morgan fingerprint density at radius 1 is 1.53 bits per heavy atom. The molecule has 15 heavy (non-hydrogen) atoms. The number of nitrogens with two attached hydrogens (primary N) is 1. The molecule has 0 heterocycles. The van der Waals surface area contributed by atoms with Gasteiger partial charge in [-0.3, -0.25) is 0 Å². The van der Waals surface area contributed by atoms with Crippen molar-refractivity contribution in [3.63, 3.8) is 0 Å². The Labute approximate surface area is 93.0 Å². The number of hydrogen-bond donors (Lipinski definition) is 2. The molecule has 3 heteroatoms. The summed E-state index contributed by atoms with van der Waals surface area (Å²) >= 11 is 0. The fourth-order valence-electron chi connectivity index (χ4n) is 1.98. The summed E-state index contributed by atoms with van der Waals surface area (Å²) < 4.78 is 5.58. The molecule has 90 valence electrons. The van der Waals surface area contributed by atoms with E-state index in [4.69, 9.17) is 10.5 Å². The van der Waals surface area contributed by atoms with E-state index >= 15 is 0 Å². The smallest absolute Gasteiger partial charge is 0.103 e. The molecule has 0 aromatic rings. The van der Waals surface area contributed by atoms with Crippen molar-refractivity contribution in [3.8, 4) is 0 Å². The highest BCUT2D eigenvalue weighted by molar-refractivity contribution is 4.95. The van der Waals surface area contributed by atoms with Gasteiger partial charge in [0.25, 0.3) is 0 Å². The summed E-state index contributed by atoms with van der Waals surface area (Å²) in [6.07, 6.45) is 4.57. The lowest BCUT2D eigenvalue weighted by atomic mass is 9.99. The molecule has 0 bridgehead atoms. The van der Waals surface area contributed by atoms with E-state index in [1.54, 1.807) is 0 Å². The maximum Gasteiger partial charge on any atom is 0.103 e. The van der Waals surface area contributed by atoms with Crippen molar-refractivity contribution in [1.82, 2.24) is 0 Å². The average Bonchev–Trinajstić information content (AvgIpc) is 3.01.